The number of ether oxygens (including phenoxy) is 1. The monoisotopic (exact) mass is 270 g/mol. The summed E-state index contributed by atoms with van der Waals surface area (Å²) in [6, 6.07) is 3.26. The van der Waals surface area contributed by atoms with E-state index in [9.17, 15) is 13.6 Å². The lowest BCUT2D eigenvalue weighted by Crippen LogP contribution is -2.41. The summed E-state index contributed by atoms with van der Waals surface area (Å²) in [7, 11) is 0. The van der Waals surface area contributed by atoms with E-state index in [2.05, 4.69) is 0 Å². The van der Waals surface area contributed by atoms with Gasteiger partial charge in [-0.25, -0.2) is 8.78 Å². The molecule has 0 bridgehead atoms. The first-order valence-electron chi connectivity index (χ1n) is 6.60. The molecule has 1 aromatic rings. The van der Waals surface area contributed by atoms with Crippen molar-refractivity contribution in [3.63, 3.8) is 0 Å². The first-order chi connectivity index (χ1) is 8.99. The Morgan fingerprint density at radius 1 is 1.21 bits per heavy atom. The van der Waals surface area contributed by atoms with Crippen LogP contribution in [-0.4, -0.2) is 18.0 Å². The first-order valence-corrected chi connectivity index (χ1v) is 6.60. The molecular weight excluding hydrogens is 250 g/mol. The molecule has 0 N–H and O–H groups in total. The topological polar surface area (TPSA) is 26.3 Å². The van der Waals surface area contributed by atoms with E-state index < -0.39 is 17.2 Å². The average Bonchev–Trinajstić information content (AvgIpc) is 2.39. The normalized spacial score (nSPS) is 11.6. The smallest absolute Gasteiger partial charge is 0.169 e. The molecule has 1 aromatic carbocycles. The molecule has 0 heterocycles. The van der Waals surface area contributed by atoms with Gasteiger partial charge in [0.25, 0.3) is 0 Å². The van der Waals surface area contributed by atoms with E-state index in [0.717, 1.165) is 12.1 Å². The van der Waals surface area contributed by atoms with Crippen molar-refractivity contribution in [3.8, 4) is 0 Å². The molecule has 0 aliphatic heterocycles. The van der Waals surface area contributed by atoms with Crippen molar-refractivity contribution in [3.05, 3.63) is 35.4 Å². The summed E-state index contributed by atoms with van der Waals surface area (Å²) in [6.45, 7) is 6.00. The number of ketones is 1. The van der Waals surface area contributed by atoms with Crippen molar-refractivity contribution in [2.45, 2.75) is 45.6 Å². The number of rotatable bonds is 7. The number of benzene rings is 1. The minimum Gasteiger partial charge on any atom is -0.368 e. The molecule has 0 fully saturated rings. The summed E-state index contributed by atoms with van der Waals surface area (Å²) in [5, 5.41) is 0. The van der Waals surface area contributed by atoms with E-state index in [4.69, 9.17) is 4.74 Å². The van der Waals surface area contributed by atoms with Crippen molar-refractivity contribution >= 4 is 5.78 Å². The van der Waals surface area contributed by atoms with Crippen LogP contribution < -0.4 is 0 Å². The molecule has 106 valence electrons. The van der Waals surface area contributed by atoms with Gasteiger partial charge in [-0.2, -0.15) is 0 Å². The maximum atomic E-state index is 13.6. The molecule has 2 nitrogen and oxygen atoms in total. The molecule has 0 saturated carbocycles. The molecule has 0 amide bonds. The van der Waals surface area contributed by atoms with Gasteiger partial charge in [-0.3, -0.25) is 4.79 Å². The largest absolute Gasteiger partial charge is 0.368 e. The van der Waals surface area contributed by atoms with Gasteiger partial charge in [0, 0.05) is 19.1 Å². The summed E-state index contributed by atoms with van der Waals surface area (Å²) in [5.74, 6) is -1.49. The highest BCUT2D eigenvalue weighted by atomic mass is 19.1. The Balaban J connectivity index is 2.93. The van der Waals surface area contributed by atoms with Gasteiger partial charge in [-0.1, -0.05) is 19.9 Å². The highest BCUT2D eigenvalue weighted by molar-refractivity contribution is 5.89. The molecule has 19 heavy (non-hydrogen) atoms. The Kier molecular flexibility index (Phi) is 5.60. The van der Waals surface area contributed by atoms with Crippen LogP contribution in [-0.2, 0) is 16.0 Å². The quantitative estimate of drug-likeness (QED) is 0.755. The van der Waals surface area contributed by atoms with Crippen LogP contribution in [0, 0.1) is 11.6 Å². The van der Waals surface area contributed by atoms with Crippen molar-refractivity contribution in [1.29, 1.82) is 0 Å². The lowest BCUT2D eigenvalue weighted by atomic mass is 9.88. The summed E-state index contributed by atoms with van der Waals surface area (Å²) >= 11 is 0. The minimum absolute atomic E-state index is 0.0756. The number of hydrogen-bond donors (Lipinski definition) is 0. The van der Waals surface area contributed by atoms with Crippen molar-refractivity contribution in [1.82, 2.24) is 0 Å². The second kappa shape index (κ2) is 6.75. The Morgan fingerprint density at radius 2 is 1.84 bits per heavy atom. The van der Waals surface area contributed by atoms with Gasteiger partial charge in [0.2, 0.25) is 0 Å². The maximum Gasteiger partial charge on any atom is 0.169 e. The van der Waals surface area contributed by atoms with Gasteiger partial charge < -0.3 is 4.74 Å². The third kappa shape index (κ3) is 3.60. The third-order valence-electron chi connectivity index (χ3n) is 3.44. The van der Waals surface area contributed by atoms with E-state index in [1.807, 2.05) is 20.8 Å². The number of hydrogen-bond acceptors (Lipinski definition) is 2. The first kappa shape index (κ1) is 15.8. The minimum atomic E-state index is -0.865. The average molecular weight is 270 g/mol. The maximum absolute atomic E-state index is 13.6. The Morgan fingerprint density at radius 3 is 2.32 bits per heavy atom. The lowest BCUT2D eigenvalue weighted by molar-refractivity contribution is -0.144. The van der Waals surface area contributed by atoms with Crippen molar-refractivity contribution in [2.24, 2.45) is 0 Å². The summed E-state index contributed by atoms with van der Waals surface area (Å²) in [5.41, 5.74) is -0.660. The highest BCUT2D eigenvalue weighted by Crippen LogP contribution is 2.24. The highest BCUT2D eigenvalue weighted by Gasteiger charge is 2.35. The molecule has 0 aliphatic carbocycles. The number of carbonyl (C=O) groups excluding carboxylic acids is 1. The van der Waals surface area contributed by atoms with Crippen LogP contribution in [0.4, 0.5) is 8.78 Å². The molecule has 0 spiro atoms. The second-order valence-corrected chi connectivity index (χ2v) is 4.47. The predicted octanol–water partition coefficient (Wildman–Crippen LogP) is 3.67. The van der Waals surface area contributed by atoms with Crippen LogP contribution in [0.15, 0.2) is 18.2 Å². The molecule has 0 radical (unpaired) electrons. The lowest BCUT2D eigenvalue weighted by Gasteiger charge is -2.30. The van der Waals surface area contributed by atoms with E-state index in [-0.39, 0.29) is 17.8 Å². The molecule has 0 saturated heterocycles. The van der Waals surface area contributed by atoms with E-state index in [0.29, 0.717) is 19.4 Å². The number of halogens is 2. The molecule has 0 atom stereocenters. The van der Waals surface area contributed by atoms with Crippen LogP contribution in [0.25, 0.3) is 0 Å². The van der Waals surface area contributed by atoms with Crippen LogP contribution in [0.5, 0.6) is 0 Å². The zero-order chi connectivity index (χ0) is 14.5. The fraction of sp³-hybridized carbons (Fsp3) is 0.533. The van der Waals surface area contributed by atoms with Crippen LogP contribution in [0.3, 0.4) is 0 Å². The van der Waals surface area contributed by atoms with Crippen LogP contribution in [0.1, 0.15) is 39.2 Å². The summed E-state index contributed by atoms with van der Waals surface area (Å²) in [4.78, 5) is 12.3. The summed E-state index contributed by atoms with van der Waals surface area (Å²) in [6.07, 6.45) is 1.01. The van der Waals surface area contributed by atoms with Gasteiger partial charge in [0.05, 0.1) is 0 Å². The van der Waals surface area contributed by atoms with E-state index >= 15 is 0 Å². The van der Waals surface area contributed by atoms with Crippen LogP contribution in [0.2, 0.25) is 0 Å². The molecular formula is C15H20F2O2. The predicted molar refractivity (Wildman–Crippen MR) is 70.0 cm³/mol. The van der Waals surface area contributed by atoms with E-state index in [1.54, 1.807) is 0 Å². The molecule has 0 unspecified atom stereocenters. The Hall–Kier alpha value is -1.29. The second-order valence-electron chi connectivity index (χ2n) is 4.47. The van der Waals surface area contributed by atoms with Gasteiger partial charge in [0.1, 0.15) is 17.2 Å². The molecule has 1 rings (SSSR count). The Bertz CT molecular complexity index is 440. The van der Waals surface area contributed by atoms with E-state index in [1.165, 1.54) is 6.07 Å². The molecule has 4 heteroatoms. The van der Waals surface area contributed by atoms with Gasteiger partial charge in [-0.15, -0.1) is 0 Å². The standard InChI is InChI=1S/C15H20F2O2/c1-4-15(5-2,19-6-3)14(18)9-11-7-8-12(16)10-13(11)17/h7-8,10H,4-6,9H2,1-3H3. The van der Waals surface area contributed by atoms with Gasteiger partial charge in [-0.05, 0) is 31.4 Å². The number of Topliss-reactive ketones (excluding diaryl/α,β-unsaturated/α-hetero) is 1. The van der Waals surface area contributed by atoms with Crippen molar-refractivity contribution in [2.75, 3.05) is 6.61 Å². The zero-order valence-electron chi connectivity index (χ0n) is 11.6. The third-order valence-corrected chi connectivity index (χ3v) is 3.44. The molecule has 0 aromatic heterocycles. The summed E-state index contributed by atoms with van der Waals surface area (Å²) < 4.78 is 32.0. The van der Waals surface area contributed by atoms with Gasteiger partial charge in [0.15, 0.2) is 5.78 Å². The fourth-order valence-electron chi connectivity index (χ4n) is 2.20. The number of carbonyl (C=O) groups is 1. The SMILES string of the molecule is CCOC(CC)(CC)C(=O)Cc1ccc(F)cc1F. The fourth-order valence-corrected chi connectivity index (χ4v) is 2.20. The Labute approximate surface area is 112 Å². The van der Waals surface area contributed by atoms with Gasteiger partial charge >= 0.3 is 0 Å². The zero-order valence-corrected chi connectivity index (χ0v) is 11.6. The van der Waals surface area contributed by atoms with Crippen molar-refractivity contribution < 1.29 is 18.3 Å². The van der Waals surface area contributed by atoms with Crippen LogP contribution >= 0.6 is 0 Å². The molecule has 0 aliphatic rings.